The van der Waals surface area contributed by atoms with Gasteiger partial charge in [-0.2, -0.15) is 4.31 Å². The number of carbonyl (C=O) groups is 1. The maximum Gasteiger partial charge on any atom is 0.243 e. The van der Waals surface area contributed by atoms with Gasteiger partial charge in [0.05, 0.1) is 10.9 Å². The Morgan fingerprint density at radius 1 is 1.16 bits per heavy atom. The minimum atomic E-state index is -3.48. The van der Waals surface area contributed by atoms with Gasteiger partial charge in [0.15, 0.2) is 0 Å². The van der Waals surface area contributed by atoms with Crippen LogP contribution in [0.25, 0.3) is 0 Å². The van der Waals surface area contributed by atoms with Gasteiger partial charge < -0.3 is 5.32 Å². The summed E-state index contributed by atoms with van der Waals surface area (Å²) in [6.45, 7) is 7.66. The van der Waals surface area contributed by atoms with Gasteiger partial charge in [0.2, 0.25) is 15.9 Å². The molecular weight excluding hydrogens is 338 g/mol. The molecule has 7 heteroatoms. The van der Waals surface area contributed by atoms with Gasteiger partial charge in [-0.05, 0) is 45.2 Å². The van der Waals surface area contributed by atoms with Crippen LogP contribution in [0.5, 0.6) is 0 Å². The lowest BCUT2D eigenvalue weighted by Crippen LogP contribution is -2.55. The van der Waals surface area contributed by atoms with E-state index in [2.05, 4.69) is 10.2 Å². The Balaban J connectivity index is 1.63. The summed E-state index contributed by atoms with van der Waals surface area (Å²) in [6, 6.07) is 5.55. The van der Waals surface area contributed by atoms with Crippen molar-refractivity contribution in [2.24, 2.45) is 0 Å². The van der Waals surface area contributed by atoms with Crippen LogP contribution >= 0.6 is 0 Å². The van der Waals surface area contributed by atoms with E-state index in [9.17, 15) is 13.2 Å². The molecule has 2 fully saturated rings. The zero-order chi connectivity index (χ0) is 18.2. The molecule has 2 aliphatic rings. The van der Waals surface area contributed by atoms with Gasteiger partial charge in [0.1, 0.15) is 0 Å². The van der Waals surface area contributed by atoms with Crippen LogP contribution in [0, 0.1) is 13.8 Å². The lowest BCUT2D eigenvalue weighted by atomic mass is 10.2. The Labute approximate surface area is 150 Å². The second-order valence-corrected chi connectivity index (χ2v) is 9.07. The van der Waals surface area contributed by atoms with E-state index in [0.29, 0.717) is 37.1 Å². The smallest absolute Gasteiger partial charge is 0.243 e. The van der Waals surface area contributed by atoms with Gasteiger partial charge in [0.25, 0.3) is 0 Å². The van der Waals surface area contributed by atoms with Crippen LogP contribution in [0.1, 0.15) is 30.9 Å². The van der Waals surface area contributed by atoms with Gasteiger partial charge >= 0.3 is 0 Å². The number of rotatable bonds is 5. The Morgan fingerprint density at radius 2 is 1.80 bits per heavy atom. The highest BCUT2D eigenvalue weighted by atomic mass is 32.2. The average molecular weight is 365 g/mol. The molecule has 1 aromatic carbocycles. The van der Waals surface area contributed by atoms with E-state index in [1.54, 1.807) is 6.07 Å². The van der Waals surface area contributed by atoms with Crippen LogP contribution in [0.4, 0.5) is 0 Å². The molecule has 0 bridgehead atoms. The first-order chi connectivity index (χ1) is 11.8. The Hall–Kier alpha value is -1.44. The molecule has 1 unspecified atom stereocenters. The minimum Gasteiger partial charge on any atom is -0.352 e. The maximum atomic E-state index is 12.9. The van der Waals surface area contributed by atoms with Crippen molar-refractivity contribution in [2.75, 3.05) is 26.2 Å². The number of benzene rings is 1. The van der Waals surface area contributed by atoms with Crippen molar-refractivity contribution in [1.82, 2.24) is 14.5 Å². The first-order valence-electron chi connectivity index (χ1n) is 8.91. The number of hydrogen-bond donors (Lipinski definition) is 1. The topological polar surface area (TPSA) is 69.7 Å². The summed E-state index contributed by atoms with van der Waals surface area (Å²) in [5, 5.41) is 3.02. The van der Waals surface area contributed by atoms with Crippen LogP contribution < -0.4 is 5.32 Å². The molecule has 25 heavy (non-hydrogen) atoms. The van der Waals surface area contributed by atoms with E-state index < -0.39 is 10.0 Å². The number of carbonyl (C=O) groups excluding carboxylic acids is 1. The summed E-state index contributed by atoms with van der Waals surface area (Å²) < 4.78 is 27.4. The molecule has 0 radical (unpaired) electrons. The van der Waals surface area contributed by atoms with Gasteiger partial charge in [0, 0.05) is 32.2 Å². The number of sulfonamides is 1. The van der Waals surface area contributed by atoms with Crippen LogP contribution in [-0.4, -0.2) is 61.8 Å². The van der Waals surface area contributed by atoms with Gasteiger partial charge in [-0.15, -0.1) is 0 Å². The fourth-order valence-electron chi connectivity index (χ4n) is 3.27. The van der Waals surface area contributed by atoms with Crippen molar-refractivity contribution >= 4 is 15.9 Å². The molecule has 1 aromatic rings. The lowest BCUT2D eigenvalue weighted by molar-refractivity contribution is -0.126. The lowest BCUT2D eigenvalue weighted by Gasteiger charge is -2.37. The summed E-state index contributed by atoms with van der Waals surface area (Å²) in [7, 11) is -3.48. The van der Waals surface area contributed by atoms with Crippen molar-refractivity contribution in [3.63, 3.8) is 0 Å². The molecule has 3 rings (SSSR count). The third kappa shape index (κ3) is 4.04. The van der Waals surface area contributed by atoms with Crippen molar-refractivity contribution in [3.8, 4) is 0 Å². The largest absolute Gasteiger partial charge is 0.352 e. The Morgan fingerprint density at radius 3 is 2.36 bits per heavy atom. The van der Waals surface area contributed by atoms with Crippen molar-refractivity contribution in [1.29, 1.82) is 0 Å². The van der Waals surface area contributed by atoms with E-state index in [4.69, 9.17) is 0 Å². The maximum absolute atomic E-state index is 12.9. The zero-order valence-corrected chi connectivity index (χ0v) is 16.0. The first kappa shape index (κ1) is 18.4. The highest BCUT2D eigenvalue weighted by Crippen LogP contribution is 2.23. The predicted octanol–water partition coefficient (Wildman–Crippen LogP) is 1.28. The van der Waals surface area contributed by atoms with Gasteiger partial charge in [-0.1, -0.05) is 17.7 Å². The van der Waals surface area contributed by atoms with Crippen LogP contribution in [0.15, 0.2) is 23.1 Å². The molecule has 138 valence electrons. The molecule has 0 aromatic heterocycles. The van der Waals surface area contributed by atoms with Crippen LogP contribution in [0.3, 0.4) is 0 Å². The van der Waals surface area contributed by atoms with E-state index in [1.165, 1.54) is 4.31 Å². The second-order valence-electron chi connectivity index (χ2n) is 7.17. The number of nitrogens with zero attached hydrogens (tertiary/aromatic N) is 2. The second kappa shape index (κ2) is 7.05. The summed E-state index contributed by atoms with van der Waals surface area (Å²) in [5.74, 6) is 0.0492. The zero-order valence-electron chi connectivity index (χ0n) is 15.2. The molecule has 1 saturated carbocycles. The van der Waals surface area contributed by atoms with Crippen molar-refractivity contribution in [2.45, 2.75) is 50.6 Å². The monoisotopic (exact) mass is 365 g/mol. The standard InChI is InChI=1S/C18H27N3O3S/c1-13-4-7-17(14(2)12-13)25(23,24)21-10-8-20(9-11-21)15(3)18(22)19-16-5-6-16/h4,7,12,15-16H,5-6,8-11H2,1-3H3,(H,19,22). The molecule has 1 heterocycles. The summed E-state index contributed by atoms with van der Waals surface area (Å²) in [5.41, 5.74) is 1.83. The number of piperazine rings is 1. The predicted molar refractivity (Wildman–Crippen MR) is 96.9 cm³/mol. The fourth-order valence-corrected chi connectivity index (χ4v) is 4.90. The minimum absolute atomic E-state index is 0.0492. The number of nitrogens with one attached hydrogen (secondary N) is 1. The Kier molecular flexibility index (Phi) is 5.18. The fraction of sp³-hybridized carbons (Fsp3) is 0.611. The molecule has 0 spiro atoms. The SMILES string of the molecule is Cc1ccc(S(=O)(=O)N2CCN(C(C)C(=O)NC3CC3)CC2)c(C)c1. The molecule has 1 saturated heterocycles. The highest BCUT2D eigenvalue weighted by molar-refractivity contribution is 7.89. The molecule has 1 amide bonds. The van der Waals surface area contributed by atoms with E-state index in [1.807, 2.05) is 32.9 Å². The third-order valence-corrected chi connectivity index (χ3v) is 7.13. The quantitative estimate of drug-likeness (QED) is 0.853. The molecule has 1 aliphatic carbocycles. The molecule has 6 nitrogen and oxygen atoms in total. The number of hydrogen-bond acceptors (Lipinski definition) is 4. The number of aryl methyl sites for hydroxylation is 2. The normalized spacial score (nSPS) is 21.1. The van der Waals surface area contributed by atoms with Gasteiger partial charge in [-0.3, -0.25) is 9.69 Å². The van der Waals surface area contributed by atoms with Crippen molar-refractivity contribution in [3.05, 3.63) is 29.3 Å². The highest BCUT2D eigenvalue weighted by Gasteiger charge is 2.33. The molecule has 1 atom stereocenters. The van der Waals surface area contributed by atoms with Crippen LogP contribution in [0.2, 0.25) is 0 Å². The average Bonchev–Trinajstić information content (AvgIpc) is 3.38. The van der Waals surface area contributed by atoms with Gasteiger partial charge in [-0.25, -0.2) is 8.42 Å². The van der Waals surface area contributed by atoms with E-state index in [0.717, 1.165) is 24.0 Å². The number of amides is 1. The molecule has 1 aliphatic heterocycles. The summed E-state index contributed by atoms with van der Waals surface area (Å²) in [4.78, 5) is 14.6. The molecule has 1 N–H and O–H groups in total. The Bertz CT molecular complexity index is 751. The first-order valence-corrected chi connectivity index (χ1v) is 10.3. The molecular formula is C18H27N3O3S. The van der Waals surface area contributed by atoms with E-state index >= 15 is 0 Å². The third-order valence-electron chi connectivity index (χ3n) is 5.07. The van der Waals surface area contributed by atoms with Crippen molar-refractivity contribution < 1.29 is 13.2 Å². The van der Waals surface area contributed by atoms with E-state index in [-0.39, 0.29) is 11.9 Å². The summed E-state index contributed by atoms with van der Waals surface area (Å²) in [6.07, 6.45) is 2.14. The summed E-state index contributed by atoms with van der Waals surface area (Å²) >= 11 is 0. The van der Waals surface area contributed by atoms with Crippen LogP contribution in [-0.2, 0) is 14.8 Å².